The first-order valence-electron chi connectivity index (χ1n) is 13.5. The first kappa shape index (κ1) is 30.5. The highest BCUT2D eigenvalue weighted by Gasteiger charge is 2.31. The van der Waals surface area contributed by atoms with Crippen LogP contribution in [0.25, 0.3) is 10.1 Å². The molecule has 2 heterocycles. The molecule has 0 radical (unpaired) electrons. The van der Waals surface area contributed by atoms with Crippen LogP contribution in [-0.2, 0) is 6.42 Å². The number of anilines is 2. The number of nitrogens with zero attached hydrogens (tertiary/aromatic N) is 1. The van der Waals surface area contributed by atoms with E-state index in [1.165, 1.54) is 18.4 Å². The molecule has 0 saturated carbocycles. The van der Waals surface area contributed by atoms with E-state index in [1.807, 2.05) is 6.07 Å². The Hall–Kier alpha value is -3.46. The van der Waals surface area contributed by atoms with Crippen LogP contribution in [0.1, 0.15) is 40.6 Å². The molecule has 41 heavy (non-hydrogen) atoms. The van der Waals surface area contributed by atoms with Crippen LogP contribution in [0.2, 0.25) is 0 Å². The van der Waals surface area contributed by atoms with E-state index >= 15 is 0 Å². The number of likely N-dealkylation sites (tertiary alicyclic amines) is 1. The number of fused-ring (bicyclic) bond motifs is 1. The number of carbonyl (C=O) groups is 1. The van der Waals surface area contributed by atoms with E-state index in [0.717, 1.165) is 36.3 Å². The summed E-state index contributed by atoms with van der Waals surface area (Å²) in [6.07, 6.45) is -4.04. The first-order valence-corrected chi connectivity index (χ1v) is 14.3. The van der Waals surface area contributed by atoms with Gasteiger partial charge in [-0.3, -0.25) is 4.79 Å². The van der Waals surface area contributed by atoms with Crippen LogP contribution < -0.4 is 20.7 Å². The monoisotopic (exact) mass is 588 g/mol. The molecule has 11 heteroatoms. The molecule has 1 amide bonds. The van der Waals surface area contributed by atoms with Gasteiger partial charge in [0.25, 0.3) is 5.91 Å². The molecule has 4 N–H and O–H groups in total. The maximum absolute atomic E-state index is 13.6. The van der Waals surface area contributed by atoms with E-state index in [1.54, 1.807) is 44.3 Å². The molecular weight excluding hydrogens is 553 g/mol. The minimum atomic E-state index is -4.37. The summed E-state index contributed by atoms with van der Waals surface area (Å²) in [6.45, 7) is 4.29. The Morgan fingerprint density at radius 3 is 2.63 bits per heavy atom. The number of rotatable bonds is 9. The Kier molecular flexibility index (Phi) is 10.0. The van der Waals surface area contributed by atoms with Gasteiger partial charge in [-0.2, -0.15) is 13.2 Å². The molecule has 1 saturated heterocycles. The molecule has 220 valence electrons. The fraction of sp³-hybridized carbons (Fsp3) is 0.433. The molecule has 1 unspecified atom stereocenters. The molecule has 3 aromatic rings. The summed E-state index contributed by atoms with van der Waals surface area (Å²) in [5.74, 6) is 6.14. The summed E-state index contributed by atoms with van der Waals surface area (Å²) >= 11 is 1.27. The number of hydrogen-bond donors (Lipinski definition) is 4. The van der Waals surface area contributed by atoms with Gasteiger partial charge in [-0.1, -0.05) is 24.0 Å². The molecular formula is C30H35F3N4O3S. The molecule has 2 aromatic carbocycles. The van der Waals surface area contributed by atoms with E-state index in [0.29, 0.717) is 33.8 Å². The van der Waals surface area contributed by atoms with Gasteiger partial charge in [0.05, 0.1) is 47.1 Å². The Bertz CT molecular complexity index is 1420. The number of methoxy groups -OCH3 is 1. The topological polar surface area (TPSA) is 85.9 Å². The summed E-state index contributed by atoms with van der Waals surface area (Å²) < 4.78 is 46.9. The predicted molar refractivity (Wildman–Crippen MR) is 158 cm³/mol. The number of amides is 1. The van der Waals surface area contributed by atoms with Crippen molar-refractivity contribution in [1.29, 1.82) is 0 Å². The van der Waals surface area contributed by atoms with Gasteiger partial charge in [0.2, 0.25) is 0 Å². The van der Waals surface area contributed by atoms with Crippen LogP contribution in [0.4, 0.5) is 24.5 Å². The third-order valence-corrected chi connectivity index (χ3v) is 8.12. The summed E-state index contributed by atoms with van der Waals surface area (Å²) in [6, 6.07) is 10.6. The smallest absolute Gasteiger partial charge is 0.393 e. The summed E-state index contributed by atoms with van der Waals surface area (Å²) in [5.41, 5.74) is 2.06. The Morgan fingerprint density at radius 1 is 1.22 bits per heavy atom. The minimum Gasteiger partial charge on any atom is -0.495 e. The quantitative estimate of drug-likeness (QED) is 0.261. The van der Waals surface area contributed by atoms with Crippen molar-refractivity contribution in [3.8, 4) is 17.6 Å². The van der Waals surface area contributed by atoms with Crippen molar-refractivity contribution in [3.05, 3.63) is 52.4 Å². The van der Waals surface area contributed by atoms with Crippen LogP contribution in [-0.4, -0.2) is 74.6 Å². The molecule has 1 atom stereocenters. The second kappa shape index (κ2) is 13.5. The zero-order valence-corrected chi connectivity index (χ0v) is 24.1. The summed E-state index contributed by atoms with van der Waals surface area (Å²) in [4.78, 5) is 14.5. The SMILES string of the molecule is CNC(=O)c1ccc(NCC#Cc2sc3c(NC4CCN(CC(C)O)CC4)cccc3c2CC(F)(F)F)c(OC)c1. The van der Waals surface area contributed by atoms with Gasteiger partial charge in [-0.15, -0.1) is 11.3 Å². The fourth-order valence-electron chi connectivity index (χ4n) is 5.00. The van der Waals surface area contributed by atoms with Crippen LogP contribution in [0, 0.1) is 11.8 Å². The third-order valence-electron chi connectivity index (χ3n) is 6.93. The molecule has 1 aliphatic heterocycles. The number of ether oxygens (including phenoxy) is 1. The number of nitrogens with one attached hydrogen (secondary N) is 3. The van der Waals surface area contributed by atoms with Gasteiger partial charge in [0.1, 0.15) is 5.75 Å². The molecule has 1 aliphatic rings. The highest BCUT2D eigenvalue weighted by atomic mass is 32.1. The number of benzene rings is 2. The van der Waals surface area contributed by atoms with Crippen molar-refractivity contribution in [3.63, 3.8) is 0 Å². The van der Waals surface area contributed by atoms with Crippen molar-refractivity contribution in [2.75, 3.05) is 51.0 Å². The van der Waals surface area contributed by atoms with Crippen molar-refractivity contribution in [1.82, 2.24) is 10.2 Å². The first-order chi connectivity index (χ1) is 19.6. The molecule has 0 aliphatic carbocycles. The number of alkyl halides is 3. The largest absolute Gasteiger partial charge is 0.495 e. The number of carbonyl (C=O) groups excluding carboxylic acids is 1. The van der Waals surface area contributed by atoms with Gasteiger partial charge in [-0.25, -0.2) is 0 Å². The fourth-order valence-corrected chi connectivity index (χ4v) is 6.17. The van der Waals surface area contributed by atoms with E-state index in [-0.39, 0.29) is 30.2 Å². The second-order valence-electron chi connectivity index (χ2n) is 10.1. The highest BCUT2D eigenvalue weighted by Crippen LogP contribution is 2.39. The van der Waals surface area contributed by atoms with Crippen molar-refractivity contribution >= 4 is 38.7 Å². The van der Waals surface area contributed by atoms with Gasteiger partial charge < -0.3 is 30.7 Å². The standard InChI is InChI=1S/C30H35F3N4O3S/c1-19(38)18-37-14-11-21(12-15-37)36-25-7-4-6-22-23(17-30(31,32)33)27(41-28(22)25)8-5-13-35-24-10-9-20(29(39)34-2)16-26(24)40-3/h4,6-7,9-10,16,19,21,35-36,38H,11-15,17-18H2,1-3H3,(H,34,39). The molecule has 1 fully saturated rings. The number of aliphatic hydroxyl groups excluding tert-OH is 1. The minimum absolute atomic E-state index is 0.172. The Morgan fingerprint density at radius 2 is 1.98 bits per heavy atom. The van der Waals surface area contributed by atoms with Gasteiger partial charge in [-0.05, 0) is 55.0 Å². The van der Waals surface area contributed by atoms with E-state index in [2.05, 4.69) is 32.7 Å². The van der Waals surface area contributed by atoms with Crippen molar-refractivity contribution in [2.45, 2.75) is 44.5 Å². The zero-order valence-electron chi connectivity index (χ0n) is 23.3. The van der Waals surface area contributed by atoms with Crippen LogP contribution in [0.5, 0.6) is 5.75 Å². The number of halogens is 3. The summed E-state index contributed by atoms with van der Waals surface area (Å²) in [5, 5.41) is 19.5. The molecule has 7 nitrogen and oxygen atoms in total. The van der Waals surface area contributed by atoms with Crippen LogP contribution >= 0.6 is 11.3 Å². The molecule has 4 rings (SSSR count). The zero-order chi connectivity index (χ0) is 29.6. The maximum Gasteiger partial charge on any atom is 0.393 e. The lowest BCUT2D eigenvalue weighted by atomic mass is 10.0. The normalized spacial score (nSPS) is 15.2. The second-order valence-corrected chi connectivity index (χ2v) is 11.1. The Balaban J connectivity index is 1.54. The predicted octanol–water partition coefficient (Wildman–Crippen LogP) is 5.10. The highest BCUT2D eigenvalue weighted by molar-refractivity contribution is 7.20. The lowest BCUT2D eigenvalue weighted by Gasteiger charge is -2.33. The summed E-state index contributed by atoms with van der Waals surface area (Å²) in [7, 11) is 3.03. The average molecular weight is 589 g/mol. The molecule has 1 aromatic heterocycles. The number of piperidine rings is 1. The number of hydrogen-bond acceptors (Lipinski definition) is 7. The molecule has 0 spiro atoms. The Labute approximate surface area is 242 Å². The van der Waals surface area contributed by atoms with E-state index < -0.39 is 12.6 Å². The number of aliphatic hydroxyl groups is 1. The number of β-amino-alcohol motifs (C(OH)–C–C–N with tert-alkyl or cyclic N) is 1. The molecule has 0 bridgehead atoms. The van der Waals surface area contributed by atoms with Gasteiger partial charge in [0, 0.05) is 38.3 Å². The van der Waals surface area contributed by atoms with Crippen molar-refractivity contribution < 1.29 is 27.8 Å². The lowest BCUT2D eigenvalue weighted by Crippen LogP contribution is -2.41. The van der Waals surface area contributed by atoms with Crippen LogP contribution in [0.15, 0.2) is 36.4 Å². The number of thiophene rings is 1. The van der Waals surface area contributed by atoms with E-state index in [4.69, 9.17) is 4.74 Å². The van der Waals surface area contributed by atoms with Gasteiger partial charge in [0.15, 0.2) is 0 Å². The average Bonchev–Trinajstić information content (AvgIpc) is 3.28. The third kappa shape index (κ3) is 8.06. The van der Waals surface area contributed by atoms with Gasteiger partial charge >= 0.3 is 6.18 Å². The lowest BCUT2D eigenvalue weighted by molar-refractivity contribution is -0.126. The maximum atomic E-state index is 13.6. The van der Waals surface area contributed by atoms with E-state index in [9.17, 15) is 23.1 Å². The van der Waals surface area contributed by atoms with Crippen LogP contribution in [0.3, 0.4) is 0 Å². The van der Waals surface area contributed by atoms with Crippen molar-refractivity contribution in [2.24, 2.45) is 0 Å².